The van der Waals surface area contributed by atoms with E-state index in [4.69, 9.17) is 5.11 Å². The van der Waals surface area contributed by atoms with Crippen LogP contribution in [0, 0.1) is 20.2 Å². The van der Waals surface area contributed by atoms with E-state index in [1.54, 1.807) is 0 Å². The summed E-state index contributed by atoms with van der Waals surface area (Å²) in [5.74, 6) is -2.32. The maximum absolute atomic E-state index is 11.7. The van der Waals surface area contributed by atoms with Gasteiger partial charge >= 0.3 is 5.97 Å². The number of carbonyl (C=O) groups excluding carboxylic acids is 1. The molecular formula is C10H9N3O7. The molecule has 0 aliphatic heterocycles. The smallest absolute Gasteiger partial charge is 0.325 e. The second-order valence-corrected chi connectivity index (χ2v) is 3.75. The molecule has 20 heavy (non-hydrogen) atoms. The highest BCUT2D eigenvalue weighted by molar-refractivity contribution is 6.00. The molecule has 10 nitrogen and oxygen atoms in total. The number of non-ortho nitro benzene ring substituents is 1. The molecular weight excluding hydrogens is 274 g/mol. The molecule has 0 aliphatic carbocycles. The Morgan fingerprint density at radius 2 is 1.85 bits per heavy atom. The lowest BCUT2D eigenvalue weighted by Gasteiger charge is -2.09. The van der Waals surface area contributed by atoms with Gasteiger partial charge in [-0.25, -0.2) is 0 Å². The first-order valence-corrected chi connectivity index (χ1v) is 5.20. The van der Waals surface area contributed by atoms with Crippen LogP contribution in [0.1, 0.15) is 17.3 Å². The Labute approximate surface area is 111 Å². The van der Waals surface area contributed by atoms with Gasteiger partial charge in [-0.05, 0) is 13.0 Å². The topological polar surface area (TPSA) is 153 Å². The van der Waals surface area contributed by atoms with Gasteiger partial charge in [0, 0.05) is 6.07 Å². The van der Waals surface area contributed by atoms with Crippen LogP contribution in [0.2, 0.25) is 0 Å². The Morgan fingerprint density at radius 3 is 2.30 bits per heavy atom. The molecule has 0 aromatic heterocycles. The Morgan fingerprint density at radius 1 is 1.25 bits per heavy atom. The summed E-state index contributed by atoms with van der Waals surface area (Å²) in [6, 6.07) is 1.21. The monoisotopic (exact) mass is 283 g/mol. The number of nitro groups is 2. The van der Waals surface area contributed by atoms with E-state index in [2.05, 4.69) is 0 Å². The number of aliphatic carboxylic acids is 1. The zero-order chi connectivity index (χ0) is 15.4. The molecule has 2 N–H and O–H groups in total. The van der Waals surface area contributed by atoms with Crippen molar-refractivity contribution in [1.82, 2.24) is 5.32 Å². The lowest BCUT2D eigenvalue weighted by atomic mass is 10.1. The number of rotatable bonds is 5. The van der Waals surface area contributed by atoms with Gasteiger partial charge in [0.2, 0.25) is 0 Å². The molecule has 1 aromatic rings. The average molecular weight is 283 g/mol. The first-order valence-electron chi connectivity index (χ1n) is 5.20. The van der Waals surface area contributed by atoms with Crippen LogP contribution in [0.15, 0.2) is 18.2 Å². The summed E-state index contributed by atoms with van der Waals surface area (Å²) >= 11 is 0. The van der Waals surface area contributed by atoms with Crippen molar-refractivity contribution in [3.63, 3.8) is 0 Å². The van der Waals surface area contributed by atoms with Crippen LogP contribution >= 0.6 is 0 Å². The number of nitro benzene ring substituents is 2. The zero-order valence-corrected chi connectivity index (χ0v) is 10.1. The predicted molar refractivity (Wildman–Crippen MR) is 64.3 cm³/mol. The summed E-state index contributed by atoms with van der Waals surface area (Å²) in [4.78, 5) is 41.9. The molecule has 1 atom stereocenters. The van der Waals surface area contributed by atoms with Crippen molar-refractivity contribution in [2.45, 2.75) is 13.0 Å². The number of carboxylic acid groups (broad SMARTS) is 1. The van der Waals surface area contributed by atoms with E-state index in [-0.39, 0.29) is 0 Å². The number of hydrogen-bond donors (Lipinski definition) is 2. The minimum atomic E-state index is -1.32. The maximum Gasteiger partial charge on any atom is 0.325 e. The highest BCUT2D eigenvalue weighted by Gasteiger charge is 2.25. The third-order valence-electron chi connectivity index (χ3n) is 2.35. The molecule has 10 heteroatoms. The van der Waals surface area contributed by atoms with E-state index < -0.39 is 44.7 Å². The number of nitrogens with one attached hydrogen (secondary N) is 1. The van der Waals surface area contributed by atoms with Crippen molar-refractivity contribution in [3.8, 4) is 0 Å². The van der Waals surface area contributed by atoms with Gasteiger partial charge in [-0.3, -0.25) is 29.8 Å². The highest BCUT2D eigenvalue weighted by atomic mass is 16.6. The molecule has 0 saturated carbocycles. The van der Waals surface area contributed by atoms with Gasteiger partial charge in [-0.15, -0.1) is 0 Å². The molecule has 0 bridgehead atoms. The molecule has 0 heterocycles. The average Bonchev–Trinajstić information content (AvgIpc) is 2.37. The van der Waals surface area contributed by atoms with Gasteiger partial charge in [0.25, 0.3) is 17.3 Å². The number of carboxylic acids is 1. The molecule has 0 fully saturated rings. The number of benzene rings is 1. The molecule has 0 spiro atoms. The largest absolute Gasteiger partial charge is 0.480 e. The fraction of sp³-hybridized carbons (Fsp3) is 0.200. The van der Waals surface area contributed by atoms with Crippen LogP contribution in [0.25, 0.3) is 0 Å². The van der Waals surface area contributed by atoms with E-state index in [0.29, 0.717) is 6.07 Å². The van der Waals surface area contributed by atoms with Gasteiger partial charge in [-0.1, -0.05) is 0 Å². The van der Waals surface area contributed by atoms with Crippen LogP contribution in [0.5, 0.6) is 0 Å². The van der Waals surface area contributed by atoms with Crippen LogP contribution in [0.3, 0.4) is 0 Å². The number of carbonyl (C=O) groups is 2. The Hall–Kier alpha value is -3.04. The van der Waals surface area contributed by atoms with Gasteiger partial charge < -0.3 is 10.4 Å². The first kappa shape index (κ1) is 15.0. The van der Waals surface area contributed by atoms with Gasteiger partial charge in [0.1, 0.15) is 11.6 Å². The maximum atomic E-state index is 11.7. The van der Waals surface area contributed by atoms with E-state index in [1.165, 1.54) is 6.92 Å². The van der Waals surface area contributed by atoms with Crippen molar-refractivity contribution < 1.29 is 24.5 Å². The fourth-order valence-electron chi connectivity index (χ4n) is 1.31. The van der Waals surface area contributed by atoms with E-state index in [9.17, 15) is 29.8 Å². The normalized spacial score (nSPS) is 11.4. The van der Waals surface area contributed by atoms with Crippen molar-refractivity contribution in [2.24, 2.45) is 0 Å². The second kappa shape index (κ2) is 5.73. The molecule has 1 amide bonds. The zero-order valence-electron chi connectivity index (χ0n) is 10.1. The van der Waals surface area contributed by atoms with Gasteiger partial charge in [0.15, 0.2) is 0 Å². The molecule has 0 aliphatic rings. The second-order valence-electron chi connectivity index (χ2n) is 3.75. The van der Waals surface area contributed by atoms with Crippen LogP contribution < -0.4 is 5.32 Å². The molecule has 0 radical (unpaired) electrons. The number of hydrogen-bond acceptors (Lipinski definition) is 6. The predicted octanol–water partition coefficient (Wildman–Crippen LogP) is 0.706. The third kappa shape index (κ3) is 3.25. The summed E-state index contributed by atoms with van der Waals surface area (Å²) in [6.45, 7) is 1.18. The summed E-state index contributed by atoms with van der Waals surface area (Å²) in [7, 11) is 0. The van der Waals surface area contributed by atoms with Crippen LogP contribution in [0.4, 0.5) is 11.4 Å². The van der Waals surface area contributed by atoms with Crippen molar-refractivity contribution in [3.05, 3.63) is 44.0 Å². The van der Waals surface area contributed by atoms with Crippen molar-refractivity contribution >= 4 is 23.3 Å². The fourth-order valence-corrected chi connectivity index (χ4v) is 1.31. The minimum absolute atomic E-state index is 0.450. The Kier molecular flexibility index (Phi) is 4.31. The quantitative estimate of drug-likeness (QED) is 0.595. The van der Waals surface area contributed by atoms with Gasteiger partial charge in [0.05, 0.1) is 15.9 Å². The van der Waals surface area contributed by atoms with E-state index in [1.807, 2.05) is 5.32 Å². The Bertz CT molecular complexity index is 599. The van der Waals surface area contributed by atoms with E-state index >= 15 is 0 Å². The third-order valence-corrected chi connectivity index (χ3v) is 2.35. The van der Waals surface area contributed by atoms with Crippen molar-refractivity contribution in [1.29, 1.82) is 0 Å². The SMILES string of the molecule is CC(NC(=O)c1ccc([N+](=O)[O-])cc1[N+](=O)[O-])C(=O)O. The summed E-state index contributed by atoms with van der Waals surface area (Å²) in [5, 5.41) is 32.0. The minimum Gasteiger partial charge on any atom is -0.480 e. The molecule has 1 aromatic carbocycles. The Balaban J connectivity index is 3.17. The molecule has 106 valence electrons. The lowest BCUT2D eigenvalue weighted by molar-refractivity contribution is -0.394. The summed E-state index contributed by atoms with van der Waals surface area (Å²) in [6.07, 6.45) is 0. The van der Waals surface area contributed by atoms with Crippen LogP contribution in [-0.2, 0) is 4.79 Å². The summed E-state index contributed by atoms with van der Waals surface area (Å²) in [5.41, 5.74) is -1.76. The van der Waals surface area contributed by atoms with E-state index in [0.717, 1.165) is 12.1 Å². The van der Waals surface area contributed by atoms with Crippen molar-refractivity contribution in [2.75, 3.05) is 0 Å². The first-order chi connectivity index (χ1) is 9.23. The number of amides is 1. The molecule has 1 rings (SSSR count). The van der Waals surface area contributed by atoms with Gasteiger partial charge in [-0.2, -0.15) is 0 Å². The lowest BCUT2D eigenvalue weighted by Crippen LogP contribution is -2.38. The standard InChI is InChI=1S/C10H9N3O7/c1-5(10(15)16)11-9(14)7-3-2-6(12(17)18)4-8(7)13(19)20/h2-5H,1H3,(H,11,14)(H,15,16). The molecule has 0 saturated heterocycles. The molecule has 1 unspecified atom stereocenters. The number of nitrogens with zero attached hydrogens (tertiary/aromatic N) is 2. The van der Waals surface area contributed by atoms with Crippen LogP contribution in [-0.4, -0.2) is 32.9 Å². The highest BCUT2D eigenvalue weighted by Crippen LogP contribution is 2.24. The summed E-state index contributed by atoms with van der Waals surface area (Å²) < 4.78 is 0.